The number of rotatable bonds is 3. The second-order valence-electron chi connectivity index (χ2n) is 5.20. The van der Waals surface area contributed by atoms with Crippen LogP contribution >= 0.6 is 11.6 Å². The fraction of sp³-hybridized carbons (Fsp3) is 0.133. The second-order valence-corrected chi connectivity index (χ2v) is 5.61. The van der Waals surface area contributed by atoms with Gasteiger partial charge in [0.25, 0.3) is 17.3 Å². The molecule has 0 spiro atoms. The molecule has 0 saturated heterocycles. The van der Waals surface area contributed by atoms with Gasteiger partial charge in [-0.25, -0.2) is 0 Å². The molecule has 0 aromatic heterocycles. The Labute approximate surface area is 140 Å². The smallest absolute Gasteiger partial charge is 0.271 e. The van der Waals surface area contributed by atoms with Crippen molar-refractivity contribution < 1.29 is 14.6 Å². The predicted molar refractivity (Wildman–Crippen MR) is 86.6 cm³/mol. The lowest BCUT2D eigenvalue weighted by Gasteiger charge is -2.17. The van der Waals surface area contributed by atoms with Crippen LogP contribution in [0, 0.1) is 20.2 Å². The van der Waals surface area contributed by atoms with Crippen molar-refractivity contribution in [3.05, 3.63) is 72.8 Å². The highest BCUT2D eigenvalue weighted by molar-refractivity contribution is 6.34. The highest BCUT2D eigenvalue weighted by Crippen LogP contribution is 2.34. The molecule has 0 atom stereocenters. The Morgan fingerprint density at radius 3 is 2.29 bits per heavy atom. The quantitative estimate of drug-likeness (QED) is 0.625. The van der Waals surface area contributed by atoms with Gasteiger partial charge in [-0.15, -0.1) is 0 Å². The highest BCUT2D eigenvalue weighted by Gasteiger charge is 2.29. The van der Waals surface area contributed by atoms with Gasteiger partial charge in [0.05, 0.1) is 26.1 Å². The normalized spacial score (nSPS) is 12.8. The molecule has 2 aromatic rings. The van der Waals surface area contributed by atoms with E-state index in [1.165, 1.54) is 29.2 Å². The van der Waals surface area contributed by atoms with Crippen LogP contribution in [0.5, 0.6) is 0 Å². The number of anilines is 1. The molecular weight excluding hydrogens is 338 g/mol. The van der Waals surface area contributed by atoms with Crippen molar-refractivity contribution in [3.8, 4) is 0 Å². The largest absolute Gasteiger partial charge is 0.307 e. The monoisotopic (exact) mass is 347 g/mol. The summed E-state index contributed by atoms with van der Waals surface area (Å²) in [6.45, 7) is 0.364. The molecule has 0 fully saturated rings. The van der Waals surface area contributed by atoms with Gasteiger partial charge in [0, 0.05) is 30.8 Å². The van der Waals surface area contributed by atoms with Crippen molar-refractivity contribution in [3.63, 3.8) is 0 Å². The fourth-order valence-electron chi connectivity index (χ4n) is 2.63. The molecule has 0 N–H and O–H groups in total. The molecule has 0 saturated carbocycles. The average Bonchev–Trinajstić information content (AvgIpc) is 2.97. The third kappa shape index (κ3) is 2.67. The van der Waals surface area contributed by atoms with Crippen LogP contribution in [-0.2, 0) is 6.42 Å². The molecule has 122 valence electrons. The molecule has 1 amide bonds. The topological polar surface area (TPSA) is 107 Å². The zero-order valence-corrected chi connectivity index (χ0v) is 12.9. The summed E-state index contributed by atoms with van der Waals surface area (Å²) in [6.07, 6.45) is 0.573. The van der Waals surface area contributed by atoms with Gasteiger partial charge in [0.1, 0.15) is 0 Å². The van der Waals surface area contributed by atoms with Crippen molar-refractivity contribution in [2.24, 2.45) is 0 Å². The first-order valence-corrected chi connectivity index (χ1v) is 7.29. The lowest BCUT2D eigenvalue weighted by Crippen LogP contribution is -2.29. The predicted octanol–water partition coefficient (Wildman–Crippen LogP) is 3.36. The van der Waals surface area contributed by atoms with Crippen molar-refractivity contribution in [1.29, 1.82) is 0 Å². The highest BCUT2D eigenvalue weighted by atomic mass is 35.5. The van der Waals surface area contributed by atoms with Crippen LogP contribution < -0.4 is 4.90 Å². The molecule has 8 nitrogen and oxygen atoms in total. The molecule has 24 heavy (non-hydrogen) atoms. The second kappa shape index (κ2) is 5.89. The number of nitro benzene ring substituents is 2. The van der Waals surface area contributed by atoms with Gasteiger partial charge in [0.15, 0.2) is 0 Å². The van der Waals surface area contributed by atoms with Crippen molar-refractivity contribution >= 4 is 34.6 Å². The Hall–Kier alpha value is -3.00. The zero-order chi connectivity index (χ0) is 17.4. The van der Waals surface area contributed by atoms with Crippen molar-refractivity contribution in [2.75, 3.05) is 11.4 Å². The Bertz CT molecular complexity index is 883. The van der Waals surface area contributed by atoms with Gasteiger partial charge in [-0.3, -0.25) is 25.0 Å². The Balaban J connectivity index is 1.97. The number of hydrogen-bond donors (Lipinski definition) is 0. The minimum absolute atomic E-state index is 0.0342. The fourth-order valence-corrected chi connectivity index (χ4v) is 2.88. The van der Waals surface area contributed by atoms with E-state index in [0.29, 0.717) is 18.7 Å². The van der Waals surface area contributed by atoms with Crippen LogP contribution in [0.25, 0.3) is 0 Å². The average molecular weight is 348 g/mol. The van der Waals surface area contributed by atoms with Crippen LogP contribution in [0.3, 0.4) is 0 Å². The number of halogens is 1. The summed E-state index contributed by atoms with van der Waals surface area (Å²) >= 11 is 6.00. The Morgan fingerprint density at radius 1 is 1.04 bits per heavy atom. The molecule has 2 aromatic carbocycles. The number of nitrogens with zero attached hydrogens (tertiary/aromatic N) is 3. The molecule has 0 bridgehead atoms. The minimum Gasteiger partial charge on any atom is -0.307 e. The van der Waals surface area contributed by atoms with Crippen LogP contribution in [0.1, 0.15) is 15.9 Å². The molecule has 3 rings (SSSR count). The van der Waals surface area contributed by atoms with Gasteiger partial charge in [0.2, 0.25) is 0 Å². The van der Waals surface area contributed by atoms with E-state index < -0.39 is 15.8 Å². The first-order chi connectivity index (χ1) is 11.4. The molecule has 0 radical (unpaired) electrons. The Kier molecular flexibility index (Phi) is 3.90. The van der Waals surface area contributed by atoms with E-state index in [-0.39, 0.29) is 22.0 Å². The molecular formula is C15H10ClN3O5. The van der Waals surface area contributed by atoms with E-state index in [9.17, 15) is 25.0 Å². The van der Waals surface area contributed by atoms with E-state index in [1.54, 1.807) is 6.07 Å². The maximum atomic E-state index is 12.7. The zero-order valence-electron chi connectivity index (χ0n) is 12.1. The van der Waals surface area contributed by atoms with Crippen molar-refractivity contribution in [1.82, 2.24) is 0 Å². The maximum absolute atomic E-state index is 12.7. The summed E-state index contributed by atoms with van der Waals surface area (Å²) < 4.78 is 0. The van der Waals surface area contributed by atoms with Crippen LogP contribution in [0.4, 0.5) is 17.1 Å². The lowest BCUT2D eigenvalue weighted by atomic mass is 10.1. The number of amides is 1. The third-order valence-electron chi connectivity index (χ3n) is 3.81. The molecule has 9 heteroatoms. The summed E-state index contributed by atoms with van der Waals surface area (Å²) in [5.41, 5.74) is 1.08. The lowest BCUT2D eigenvalue weighted by molar-refractivity contribution is -0.385. The third-order valence-corrected chi connectivity index (χ3v) is 4.13. The summed E-state index contributed by atoms with van der Waals surface area (Å²) in [6, 6.07) is 7.96. The molecule has 1 aliphatic heterocycles. The van der Waals surface area contributed by atoms with Gasteiger partial charge in [-0.1, -0.05) is 17.7 Å². The Morgan fingerprint density at radius 2 is 1.67 bits per heavy atom. The van der Waals surface area contributed by atoms with Gasteiger partial charge in [-0.05, 0) is 18.1 Å². The first kappa shape index (κ1) is 15.9. The van der Waals surface area contributed by atoms with Crippen LogP contribution in [-0.4, -0.2) is 22.3 Å². The van der Waals surface area contributed by atoms with Gasteiger partial charge >= 0.3 is 0 Å². The number of non-ortho nitro benzene ring substituents is 2. The standard InChI is InChI=1S/C15H10ClN3O5/c16-13-7-10(18(21)22)3-4-12(13)15(20)17-6-5-9-1-2-11(19(23)24)8-14(9)17/h1-4,7-8H,5-6H2. The van der Waals surface area contributed by atoms with Crippen LogP contribution in [0.2, 0.25) is 5.02 Å². The number of hydrogen-bond acceptors (Lipinski definition) is 5. The van der Waals surface area contributed by atoms with Crippen LogP contribution in [0.15, 0.2) is 36.4 Å². The summed E-state index contributed by atoms with van der Waals surface area (Å²) in [4.78, 5) is 34.6. The summed E-state index contributed by atoms with van der Waals surface area (Å²) in [5, 5.41) is 21.6. The van der Waals surface area contributed by atoms with E-state index in [4.69, 9.17) is 11.6 Å². The van der Waals surface area contributed by atoms with E-state index in [1.807, 2.05) is 0 Å². The minimum atomic E-state index is -0.603. The molecule has 0 unspecified atom stereocenters. The number of carbonyl (C=O) groups excluding carboxylic acids is 1. The van der Waals surface area contributed by atoms with E-state index in [2.05, 4.69) is 0 Å². The van der Waals surface area contributed by atoms with Gasteiger partial charge < -0.3 is 4.90 Å². The maximum Gasteiger partial charge on any atom is 0.271 e. The summed E-state index contributed by atoms with van der Waals surface area (Å²) in [7, 11) is 0. The SMILES string of the molecule is O=C(c1ccc([N+](=O)[O-])cc1Cl)N1CCc2ccc([N+](=O)[O-])cc21. The first-order valence-electron chi connectivity index (χ1n) is 6.91. The molecule has 1 heterocycles. The number of benzene rings is 2. The van der Waals surface area contributed by atoms with E-state index in [0.717, 1.165) is 11.6 Å². The van der Waals surface area contributed by atoms with Gasteiger partial charge in [-0.2, -0.15) is 0 Å². The molecule has 0 aliphatic carbocycles. The molecule has 1 aliphatic rings. The van der Waals surface area contributed by atoms with E-state index >= 15 is 0 Å². The number of fused-ring (bicyclic) bond motifs is 1. The number of nitro groups is 2. The number of carbonyl (C=O) groups is 1. The summed E-state index contributed by atoms with van der Waals surface area (Å²) in [5.74, 6) is -0.450. The van der Waals surface area contributed by atoms with Crippen molar-refractivity contribution in [2.45, 2.75) is 6.42 Å².